The lowest BCUT2D eigenvalue weighted by atomic mass is 9.54. The molecule has 4 aliphatic rings. The number of imide groups is 1. The van der Waals surface area contributed by atoms with Gasteiger partial charge in [-0.25, -0.2) is 4.79 Å². The van der Waals surface area contributed by atoms with Gasteiger partial charge in [0.05, 0.1) is 22.3 Å². The Morgan fingerprint density at radius 3 is 1.85 bits per heavy atom. The van der Waals surface area contributed by atoms with Crippen molar-refractivity contribution in [1.29, 1.82) is 0 Å². The van der Waals surface area contributed by atoms with Gasteiger partial charge in [-0.15, -0.1) is 23.2 Å². The van der Waals surface area contributed by atoms with Crippen LogP contribution in [0.3, 0.4) is 0 Å². The average Bonchev–Trinajstić information content (AvgIpc) is 3.21. The molecule has 198 valence electrons. The van der Waals surface area contributed by atoms with Gasteiger partial charge in [0.2, 0.25) is 11.8 Å². The molecular formula is C28H19Cl3N2O6. The summed E-state index contributed by atoms with van der Waals surface area (Å²) in [5.74, 6) is -4.27. The van der Waals surface area contributed by atoms with Crippen molar-refractivity contribution in [3.05, 3.63) is 110 Å². The Morgan fingerprint density at radius 2 is 1.41 bits per heavy atom. The number of alkyl halides is 2. The summed E-state index contributed by atoms with van der Waals surface area (Å²) in [5.41, 5.74) is 2.39. The van der Waals surface area contributed by atoms with Gasteiger partial charge in [-0.1, -0.05) is 60.1 Å². The Hall–Kier alpha value is -3.46. The highest BCUT2D eigenvalue weighted by Crippen LogP contribution is 2.69. The lowest BCUT2D eigenvalue weighted by Gasteiger charge is -2.54. The van der Waals surface area contributed by atoms with Crippen molar-refractivity contribution < 1.29 is 24.0 Å². The zero-order valence-corrected chi connectivity index (χ0v) is 22.5. The highest BCUT2D eigenvalue weighted by molar-refractivity contribution is 6.36. The molecule has 11 heteroatoms. The molecule has 1 aliphatic heterocycles. The number of carbonyl (C=O) groups is 3. The molecule has 3 aliphatic carbocycles. The molecule has 0 unspecified atom stereocenters. The van der Waals surface area contributed by atoms with Crippen molar-refractivity contribution in [3.63, 3.8) is 0 Å². The van der Waals surface area contributed by atoms with Crippen LogP contribution in [-0.2, 0) is 35.5 Å². The molecule has 0 N–H and O–H groups in total. The highest BCUT2D eigenvalue weighted by atomic mass is 35.5. The zero-order valence-electron chi connectivity index (χ0n) is 20.3. The van der Waals surface area contributed by atoms with Gasteiger partial charge in [0.1, 0.15) is 22.4 Å². The van der Waals surface area contributed by atoms with Gasteiger partial charge in [0, 0.05) is 11.1 Å². The monoisotopic (exact) mass is 584 g/mol. The number of likely N-dealkylation sites (tertiary alicyclic amines) is 1. The molecule has 7 rings (SSSR count). The van der Waals surface area contributed by atoms with Crippen LogP contribution in [0.1, 0.15) is 34.7 Å². The van der Waals surface area contributed by atoms with E-state index in [-0.39, 0.29) is 16.3 Å². The number of halogens is 3. The smallest absolute Gasteiger partial charge is 0.329 e. The summed E-state index contributed by atoms with van der Waals surface area (Å²) in [6.45, 7) is 0.922. The molecule has 0 spiro atoms. The minimum Gasteiger partial charge on any atom is -0.459 e. The topological polar surface area (TPSA) is 107 Å². The number of hydrogen-bond donors (Lipinski definition) is 0. The van der Waals surface area contributed by atoms with E-state index in [0.29, 0.717) is 22.3 Å². The predicted molar refractivity (Wildman–Crippen MR) is 142 cm³/mol. The second-order valence-electron chi connectivity index (χ2n) is 9.83. The van der Waals surface area contributed by atoms with Crippen LogP contribution in [0, 0.1) is 22.0 Å². The highest BCUT2D eigenvalue weighted by Gasteiger charge is 2.73. The first-order valence-corrected chi connectivity index (χ1v) is 13.2. The molecule has 0 aromatic heterocycles. The van der Waals surface area contributed by atoms with Crippen molar-refractivity contribution in [2.24, 2.45) is 11.8 Å². The molecule has 2 amide bonds. The summed E-state index contributed by atoms with van der Waals surface area (Å²) >= 11 is 20.6. The number of nitro benzene ring substituents is 1. The summed E-state index contributed by atoms with van der Waals surface area (Å²) in [7, 11) is 0. The Balaban J connectivity index is 1.35. The van der Waals surface area contributed by atoms with Gasteiger partial charge >= 0.3 is 5.97 Å². The number of rotatable bonds is 5. The van der Waals surface area contributed by atoms with Gasteiger partial charge in [-0.3, -0.25) is 24.6 Å². The average molecular weight is 586 g/mol. The molecule has 3 aromatic rings. The number of carbonyl (C=O) groups excluding carboxylic acids is 3. The molecule has 8 nitrogen and oxygen atoms in total. The van der Waals surface area contributed by atoms with Crippen molar-refractivity contribution in [2.75, 3.05) is 0 Å². The number of benzene rings is 3. The maximum atomic E-state index is 14.0. The first-order valence-electron chi connectivity index (χ1n) is 12.1. The van der Waals surface area contributed by atoms with E-state index in [1.807, 2.05) is 24.3 Å². The molecule has 3 aromatic carbocycles. The summed E-state index contributed by atoms with van der Waals surface area (Å²) in [5, 5.41) is 11.5. The van der Waals surface area contributed by atoms with Crippen molar-refractivity contribution in [1.82, 2.24) is 4.90 Å². The Bertz CT molecular complexity index is 1490. The molecule has 0 saturated carbocycles. The molecular weight excluding hydrogens is 567 g/mol. The van der Waals surface area contributed by atoms with Gasteiger partial charge in [-0.05, 0) is 41.3 Å². The quantitative estimate of drug-likeness (QED) is 0.133. The van der Waals surface area contributed by atoms with E-state index in [1.165, 1.54) is 19.1 Å². The second-order valence-corrected chi connectivity index (χ2v) is 11.5. The van der Waals surface area contributed by atoms with Crippen LogP contribution in [0.2, 0.25) is 5.02 Å². The van der Waals surface area contributed by atoms with E-state index in [2.05, 4.69) is 0 Å². The van der Waals surface area contributed by atoms with Crippen LogP contribution in [0.4, 0.5) is 5.69 Å². The van der Waals surface area contributed by atoms with E-state index >= 15 is 0 Å². The lowest BCUT2D eigenvalue weighted by molar-refractivity contribution is -0.385. The molecule has 2 bridgehead atoms. The first-order chi connectivity index (χ1) is 18.5. The zero-order chi connectivity index (χ0) is 27.9. The fourth-order valence-electron chi connectivity index (χ4n) is 6.27. The third-order valence-corrected chi connectivity index (χ3v) is 9.48. The number of hydrogen-bond acceptors (Lipinski definition) is 6. The minimum atomic E-state index is -1.37. The third kappa shape index (κ3) is 3.35. The Labute approximate surface area is 237 Å². The van der Waals surface area contributed by atoms with Crippen LogP contribution < -0.4 is 0 Å². The summed E-state index contributed by atoms with van der Waals surface area (Å²) < 4.78 is 5.33. The standard InChI is InChI=1S/C28H19Cl3N2O6/c1-14(26(36)39-13-15-10-11-16(29)12-21(15)33(37)38)32-24(34)22-23(25(32)35)28(31)18-7-3-2-6-17(18)27(22,30)19-8-4-5-9-20(19)28/h2-12,14,22-23H,13H2,1H3/t14-,22-,23+,27?,28?/m0/s1. The van der Waals surface area contributed by atoms with Crippen LogP contribution >= 0.6 is 34.8 Å². The largest absolute Gasteiger partial charge is 0.459 e. The van der Waals surface area contributed by atoms with Crippen LogP contribution in [-0.4, -0.2) is 33.6 Å². The molecule has 3 atom stereocenters. The molecule has 1 fully saturated rings. The number of amides is 2. The fraction of sp³-hybridized carbons (Fsp3) is 0.250. The number of nitro groups is 1. The lowest BCUT2D eigenvalue weighted by Crippen LogP contribution is -2.57. The Morgan fingerprint density at radius 1 is 0.949 bits per heavy atom. The fourth-order valence-corrected chi connectivity index (χ4v) is 7.54. The Kier molecular flexibility index (Phi) is 5.81. The number of nitrogens with zero attached hydrogens (tertiary/aromatic N) is 2. The van der Waals surface area contributed by atoms with Gasteiger partial charge < -0.3 is 4.74 Å². The van der Waals surface area contributed by atoms with E-state index in [4.69, 9.17) is 39.5 Å². The number of esters is 1. The van der Waals surface area contributed by atoms with Gasteiger partial charge in [-0.2, -0.15) is 0 Å². The second kappa shape index (κ2) is 8.78. The van der Waals surface area contributed by atoms with Gasteiger partial charge in [0.25, 0.3) is 5.69 Å². The maximum Gasteiger partial charge on any atom is 0.329 e. The summed E-state index contributed by atoms with van der Waals surface area (Å²) in [4.78, 5) is 49.9. The summed E-state index contributed by atoms with van der Waals surface area (Å²) in [6, 6.07) is 17.1. The van der Waals surface area contributed by atoms with Gasteiger partial charge in [0.15, 0.2) is 0 Å². The normalized spacial score (nSPS) is 27.0. The SMILES string of the molecule is C[C@@H](C(=O)OCc1ccc(Cl)cc1[N+](=O)[O-])N1C(=O)[C@@H]2[C@H](C1=O)C1(Cl)c3ccccc3C2(Cl)c2ccccc21. The summed E-state index contributed by atoms with van der Waals surface area (Å²) in [6.07, 6.45) is 0. The maximum absolute atomic E-state index is 14.0. The van der Waals surface area contributed by atoms with Crippen LogP contribution in [0.25, 0.3) is 0 Å². The molecule has 1 heterocycles. The van der Waals surface area contributed by atoms with Crippen molar-refractivity contribution in [3.8, 4) is 0 Å². The number of ether oxygens (including phenoxy) is 1. The molecule has 0 radical (unpaired) electrons. The van der Waals surface area contributed by atoms with E-state index < -0.39 is 56.9 Å². The first kappa shape index (κ1) is 25.8. The van der Waals surface area contributed by atoms with E-state index in [9.17, 15) is 24.5 Å². The van der Waals surface area contributed by atoms with Crippen molar-refractivity contribution in [2.45, 2.75) is 29.3 Å². The van der Waals surface area contributed by atoms with E-state index in [1.54, 1.807) is 24.3 Å². The predicted octanol–water partition coefficient (Wildman–Crippen LogP) is 5.27. The molecule has 1 saturated heterocycles. The third-order valence-electron chi connectivity index (χ3n) is 7.96. The van der Waals surface area contributed by atoms with Crippen LogP contribution in [0.5, 0.6) is 0 Å². The van der Waals surface area contributed by atoms with Crippen LogP contribution in [0.15, 0.2) is 66.7 Å². The van der Waals surface area contributed by atoms with E-state index in [0.717, 1.165) is 11.0 Å². The van der Waals surface area contributed by atoms with Crippen molar-refractivity contribution >= 4 is 58.3 Å². The molecule has 39 heavy (non-hydrogen) atoms. The minimum absolute atomic E-state index is 0.112.